The van der Waals surface area contributed by atoms with Gasteiger partial charge in [0.15, 0.2) is 0 Å². The van der Waals surface area contributed by atoms with E-state index in [0.717, 1.165) is 19.6 Å². The van der Waals surface area contributed by atoms with Crippen molar-refractivity contribution in [2.24, 2.45) is 5.92 Å². The van der Waals surface area contributed by atoms with Crippen LogP contribution in [0.1, 0.15) is 33.6 Å². The molecular weight excluding hydrogens is 190 g/mol. The first-order valence-electron chi connectivity index (χ1n) is 6.04. The second-order valence-electron chi connectivity index (χ2n) is 4.31. The summed E-state index contributed by atoms with van der Waals surface area (Å²) in [5, 5.41) is 3.15. The Morgan fingerprint density at radius 2 is 1.93 bits per heavy atom. The Balaban J connectivity index is 3.36. The zero-order valence-corrected chi connectivity index (χ0v) is 10.7. The lowest BCUT2D eigenvalue weighted by Crippen LogP contribution is -2.27. The van der Waals surface area contributed by atoms with E-state index in [1.54, 1.807) is 0 Å². The lowest BCUT2D eigenvalue weighted by Gasteiger charge is -2.17. The summed E-state index contributed by atoms with van der Waals surface area (Å²) < 4.78 is 11.2. The first-order chi connectivity index (χ1) is 7.20. The Hall–Kier alpha value is -0.120. The molecule has 0 fully saturated rings. The van der Waals surface area contributed by atoms with E-state index < -0.39 is 0 Å². The van der Waals surface area contributed by atoms with Crippen LogP contribution in [0, 0.1) is 5.92 Å². The summed E-state index contributed by atoms with van der Waals surface area (Å²) in [6, 6.07) is 0. The average Bonchev–Trinajstić information content (AvgIpc) is 2.17. The Labute approximate surface area is 94.5 Å². The van der Waals surface area contributed by atoms with E-state index in [1.165, 1.54) is 6.42 Å². The number of nitrogens with one attached hydrogen (secondary N) is 1. The monoisotopic (exact) mass is 217 g/mol. The fourth-order valence-electron chi connectivity index (χ4n) is 1.39. The summed E-state index contributed by atoms with van der Waals surface area (Å²) in [7, 11) is 1.96. The minimum absolute atomic E-state index is 0.336. The molecule has 0 saturated heterocycles. The van der Waals surface area contributed by atoms with Gasteiger partial charge in [-0.3, -0.25) is 0 Å². The average molecular weight is 217 g/mol. The van der Waals surface area contributed by atoms with Crippen LogP contribution in [-0.2, 0) is 9.47 Å². The third-order valence-corrected chi connectivity index (χ3v) is 2.07. The lowest BCUT2D eigenvalue weighted by atomic mass is 10.2. The zero-order valence-electron chi connectivity index (χ0n) is 10.7. The van der Waals surface area contributed by atoms with E-state index in [-0.39, 0.29) is 0 Å². The Kier molecular flexibility index (Phi) is 10.3. The van der Waals surface area contributed by atoms with Gasteiger partial charge in [-0.2, -0.15) is 0 Å². The lowest BCUT2D eigenvalue weighted by molar-refractivity contribution is -0.00284. The molecule has 0 radical (unpaired) electrons. The summed E-state index contributed by atoms with van der Waals surface area (Å²) in [4.78, 5) is 0. The number of hydrogen-bond acceptors (Lipinski definition) is 3. The van der Waals surface area contributed by atoms with Crippen molar-refractivity contribution in [3.63, 3.8) is 0 Å². The molecule has 92 valence electrons. The quantitative estimate of drug-likeness (QED) is 0.568. The van der Waals surface area contributed by atoms with Gasteiger partial charge in [0.05, 0.1) is 19.3 Å². The van der Waals surface area contributed by atoms with Crippen molar-refractivity contribution in [2.45, 2.75) is 39.7 Å². The molecule has 1 atom stereocenters. The molecule has 3 heteroatoms. The third kappa shape index (κ3) is 10.2. The normalized spacial score (nSPS) is 13.4. The van der Waals surface area contributed by atoms with Gasteiger partial charge >= 0.3 is 0 Å². The van der Waals surface area contributed by atoms with Crippen LogP contribution in [0.2, 0.25) is 0 Å². The molecule has 1 N–H and O–H groups in total. The Morgan fingerprint density at radius 1 is 1.20 bits per heavy atom. The highest BCUT2D eigenvalue weighted by atomic mass is 16.5. The maximum atomic E-state index is 5.72. The van der Waals surface area contributed by atoms with Crippen LogP contribution in [0.3, 0.4) is 0 Å². The van der Waals surface area contributed by atoms with Gasteiger partial charge in [-0.05, 0) is 19.4 Å². The minimum Gasteiger partial charge on any atom is -0.379 e. The van der Waals surface area contributed by atoms with Crippen molar-refractivity contribution in [1.29, 1.82) is 0 Å². The van der Waals surface area contributed by atoms with Crippen LogP contribution in [0.5, 0.6) is 0 Å². The van der Waals surface area contributed by atoms with Crippen LogP contribution in [-0.4, -0.2) is 39.5 Å². The predicted molar refractivity (Wildman–Crippen MR) is 64.2 cm³/mol. The first-order valence-corrected chi connectivity index (χ1v) is 6.04. The number of hydrogen-bond donors (Lipinski definition) is 1. The largest absolute Gasteiger partial charge is 0.379 e. The third-order valence-electron chi connectivity index (χ3n) is 2.07. The summed E-state index contributed by atoms with van der Waals surface area (Å²) in [6.07, 6.45) is 2.62. The van der Waals surface area contributed by atoms with Crippen LogP contribution in [0.15, 0.2) is 0 Å². The minimum atomic E-state index is 0.336. The summed E-state index contributed by atoms with van der Waals surface area (Å²) in [6.45, 7) is 9.66. The summed E-state index contributed by atoms with van der Waals surface area (Å²) in [5.41, 5.74) is 0. The molecule has 0 aliphatic heterocycles. The predicted octanol–water partition coefficient (Wildman–Crippen LogP) is 2.06. The van der Waals surface area contributed by atoms with E-state index in [9.17, 15) is 0 Å². The van der Waals surface area contributed by atoms with E-state index in [2.05, 4.69) is 26.1 Å². The van der Waals surface area contributed by atoms with E-state index >= 15 is 0 Å². The van der Waals surface area contributed by atoms with Crippen LogP contribution >= 0.6 is 0 Å². The van der Waals surface area contributed by atoms with Gasteiger partial charge in [0.1, 0.15) is 0 Å². The van der Waals surface area contributed by atoms with Crippen LogP contribution < -0.4 is 5.32 Å². The molecule has 0 aliphatic carbocycles. The molecular formula is C12H27NO2. The molecule has 0 saturated carbocycles. The maximum Gasteiger partial charge on any atom is 0.0704 e. The van der Waals surface area contributed by atoms with Crippen molar-refractivity contribution >= 4 is 0 Å². The molecule has 0 aromatic carbocycles. The van der Waals surface area contributed by atoms with Crippen LogP contribution in [0.4, 0.5) is 0 Å². The number of ether oxygens (including phenoxy) is 2. The van der Waals surface area contributed by atoms with Gasteiger partial charge < -0.3 is 14.8 Å². The van der Waals surface area contributed by atoms with Gasteiger partial charge in [0, 0.05) is 13.2 Å². The standard InChI is InChI=1S/C12H27NO2/c1-5-6-12(9-13-4)15-8-7-14-10-11(2)3/h11-13H,5-10H2,1-4H3. The van der Waals surface area contributed by atoms with Crippen LogP contribution in [0.25, 0.3) is 0 Å². The van der Waals surface area contributed by atoms with Gasteiger partial charge in [-0.25, -0.2) is 0 Å². The second-order valence-corrected chi connectivity index (χ2v) is 4.31. The topological polar surface area (TPSA) is 30.5 Å². The van der Waals surface area contributed by atoms with E-state index in [0.29, 0.717) is 25.2 Å². The number of rotatable bonds is 10. The number of likely N-dealkylation sites (N-methyl/N-ethyl adjacent to an activating group) is 1. The van der Waals surface area contributed by atoms with Gasteiger partial charge in [0.2, 0.25) is 0 Å². The van der Waals surface area contributed by atoms with Crippen molar-refractivity contribution < 1.29 is 9.47 Å². The molecule has 0 spiro atoms. The van der Waals surface area contributed by atoms with E-state index in [4.69, 9.17) is 9.47 Å². The molecule has 15 heavy (non-hydrogen) atoms. The SMILES string of the molecule is CCCC(CNC)OCCOCC(C)C. The maximum absolute atomic E-state index is 5.72. The molecule has 0 amide bonds. The fraction of sp³-hybridized carbons (Fsp3) is 1.00. The van der Waals surface area contributed by atoms with Crippen molar-refractivity contribution in [3.05, 3.63) is 0 Å². The first kappa shape index (κ1) is 14.9. The summed E-state index contributed by atoms with van der Waals surface area (Å²) >= 11 is 0. The Bertz CT molecular complexity index is 123. The molecule has 1 unspecified atom stereocenters. The van der Waals surface area contributed by atoms with Gasteiger partial charge in [0.25, 0.3) is 0 Å². The zero-order chi connectivity index (χ0) is 11.5. The molecule has 0 rings (SSSR count). The van der Waals surface area contributed by atoms with Crippen molar-refractivity contribution in [3.8, 4) is 0 Å². The highest BCUT2D eigenvalue weighted by molar-refractivity contribution is 4.59. The van der Waals surface area contributed by atoms with Gasteiger partial charge in [-0.15, -0.1) is 0 Å². The van der Waals surface area contributed by atoms with Gasteiger partial charge in [-0.1, -0.05) is 27.2 Å². The smallest absolute Gasteiger partial charge is 0.0704 e. The molecule has 0 bridgehead atoms. The molecule has 0 aromatic rings. The van der Waals surface area contributed by atoms with Crippen molar-refractivity contribution in [1.82, 2.24) is 5.32 Å². The fourth-order valence-corrected chi connectivity index (χ4v) is 1.39. The highest BCUT2D eigenvalue weighted by Crippen LogP contribution is 2.01. The highest BCUT2D eigenvalue weighted by Gasteiger charge is 2.06. The molecule has 0 aromatic heterocycles. The molecule has 3 nitrogen and oxygen atoms in total. The molecule has 0 heterocycles. The van der Waals surface area contributed by atoms with Crippen molar-refractivity contribution in [2.75, 3.05) is 33.4 Å². The second kappa shape index (κ2) is 10.4. The Morgan fingerprint density at radius 3 is 2.47 bits per heavy atom. The van der Waals surface area contributed by atoms with E-state index in [1.807, 2.05) is 7.05 Å². The summed E-state index contributed by atoms with van der Waals surface area (Å²) in [5.74, 6) is 0.605. The molecule has 0 aliphatic rings.